The summed E-state index contributed by atoms with van der Waals surface area (Å²) in [5.74, 6) is 0.00944. The van der Waals surface area contributed by atoms with Crippen molar-refractivity contribution in [2.24, 2.45) is 0 Å². The highest BCUT2D eigenvalue weighted by Crippen LogP contribution is 2.19. The molecule has 1 rings (SSSR count). The van der Waals surface area contributed by atoms with Crippen LogP contribution in [0.3, 0.4) is 0 Å². The molecule has 0 aliphatic rings. The molecule has 0 aliphatic carbocycles. The molecule has 0 spiro atoms. The summed E-state index contributed by atoms with van der Waals surface area (Å²) in [6, 6.07) is 5.45. The van der Waals surface area contributed by atoms with Gasteiger partial charge >= 0.3 is 5.97 Å². The van der Waals surface area contributed by atoms with Crippen molar-refractivity contribution in [3.05, 3.63) is 29.3 Å². The largest absolute Gasteiger partial charge is 0.494 e. The third-order valence-electron chi connectivity index (χ3n) is 1.89. The van der Waals surface area contributed by atoms with Crippen molar-refractivity contribution in [1.82, 2.24) is 0 Å². The molecule has 0 radical (unpaired) electrons. The average molecular weight is 194 g/mol. The van der Waals surface area contributed by atoms with Crippen LogP contribution in [0.4, 0.5) is 0 Å². The van der Waals surface area contributed by atoms with E-state index in [0.29, 0.717) is 6.61 Å². The number of aryl methyl sites for hydroxylation is 1. The van der Waals surface area contributed by atoms with E-state index in [-0.39, 0.29) is 6.42 Å². The molecule has 0 atom stereocenters. The fourth-order valence-electron chi connectivity index (χ4n) is 1.31. The summed E-state index contributed by atoms with van der Waals surface area (Å²) >= 11 is 0. The third-order valence-corrected chi connectivity index (χ3v) is 1.89. The maximum atomic E-state index is 10.5. The van der Waals surface area contributed by atoms with Gasteiger partial charge in [0.1, 0.15) is 5.75 Å². The molecule has 1 N–H and O–H groups in total. The number of benzene rings is 1. The molecular weight excluding hydrogens is 180 g/mol. The van der Waals surface area contributed by atoms with E-state index in [9.17, 15) is 4.79 Å². The fraction of sp³-hybridized carbons (Fsp3) is 0.364. The predicted molar refractivity (Wildman–Crippen MR) is 53.7 cm³/mol. The van der Waals surface area contributed by atoms with Crippen LogP contribution in [0.5, 0.6) is 5.75 Å². The molecule has 76 valence electrons. The van der Waals surface area contributed by atoms with Gasteiger partial charge < -0.3 is 9.84 Å². The van der Waals surface area contributed by atoms with Crippen molar-refractivity contribution in [1.29, 1.82) is 0 Å². The minimum atomic E-state index is -0.812. The van der Waals surface area contributed by atoms with E-state index in [0.717, 1.165) is 16.9 Å². The molecule has 0 amide bonds. The maximum Gasteiger partial charge on any atom is 0.307 e. The van der Waals surface area contributed by atoms with E-state index in [2.05, 4.69) is 0 Å². The first-order chi connectivity index (χ1) is 6.63. The molecule has 0 saturated heterocycles. The summed E-state index contributed by atoms with van der Waals surface area (Å²) < 4.78 is 5.35. The minimum Gasteiger partial charge on any atom is -0.494 e. The van der Waals surface area contributed by atoms with E-state index in [1.807, 2.05) is 26.0 Å². The normalized spacial score (nSPS) is 9.86. The number of hydrogen-bond donors (Lipinski definition) is 1. The molecule has 1 aromatic rings. The number of carboxylic acid groups (broad SMARTS) is 1. The molecule has 0 heterocycles. The lowest BCUT2D eigenvalue weighted by atomic mass is 10.1. The summed E-state index contributed by atoms with van der Waals surface area (Å²) in [5.41, 5.74) is 1.78. The second-order valence-electron chi connectivity index (χ2n) is 3.10. The van der Waals surface area contributed by atoms with Gasteiger partial charge in [-0.3, -0.25) is 4.79 Å². The highest BCUT2D eigenvalue weighted by atomic mass is 16.5. The lowest BCUT2D eigenvalue weighted by molar-refractivity contribution is -0.136. The van der Waals surface area contributed by atoms with Crippen LogP contribution in [0, 0.1) is 6.92 Å². The number of ether oxygens (including phenoxy) is 1. The molecule has 3 heteroatoms. The second-order valence-corrected chi connectivity index (χ2v) is 3.10. The zero-order valence-corrected chi connectivity index (χ0v) is 8.41. The molecule has 0 aliphatic heterocycles. The third kappa shape index (κ3) is 2.76. The zero-order valence-electron chi connectivity index (χ0n) is 8.41. The highest BCUT2D eigenvalue weighted by molar-refractivity contribution is 5.70. The predicted octanol–water partition coefficient (Wildman–Crippen LogP) is 2.02. The van der Waals surface area contributed by atoms with E-state index in [4.69, 9.17) is 9.84 Å². The van der Waals surface area contributed by atoms with E-state index < -0.39 is 5.97 Å². The minimum absolute atomic E-state index is 0.0627. The van der Waals surface area contributed by atoms with Crippen LogP contribution < -0.4 is 4.74 Å². The Morgan fingerprint density at radius 2 is 2.21 bits per heavy atom. The van der Waals surface area contributed by atoms with E-state index in [1.165, 1.54) is 0 Å². The molecule has 0 bridgehead atoms. The van der Waals surface area contributed by atoms with Gasteiger partial charge in [0.2, 0.25) is 0 Å². The van der Waals surface area contributed by atoms with Gasteiger partial charge in [0.05, 0.1) is 13.0 Å². The number of rotatable bonds is 4. The van der Waals surface area contributed by atoms with Crippen molar-refractivity contribution in [3.63, 3.8) is 0 Å². The van der Waals surface area contributed by atoms with Gasteiger partial charge in [-0.15, -0.1) is 0 Å². The monoisotopic (exact) mass is 194 g/mol. The van der Waals surface area contributed by atoms with Crippen LogP contribution in [0.15, 0.2) is 18.2 Å². The van der Waals surface area contributed by atoms with E-state index in [1.54, 1.807) is 6.07 Å². The Morgan fingerprint density at radius 1 is 1.50 bits per heavy atom. The molecule has 0 aromatic heterocycles. The molecule has 14 heavy (non-hydrogen) atoms. The van der Waals surface area contributed by atoms with Gasteiger partial charge in [-0.25, -0.2) is 0 Å². The van der Waals surface area contributed by atoms with Crippen molar-refractivity contribution in [3.8, 4) is 5.75 Å². The van der Waals surface area contributed by atoms with Gasteiger partial charge in [-0.1, -0.05) is 12.1 Å². The highest BCUT2D eigenvalue weighted by Gasteiger charge is 2.03. The Morgan fingerprint density at radius 3 is 2.71 bits per heavy atom. The Labute approximate surface area is 83.3 Å². The van der Waals surface area contributed by atoms with Crippen molar-refractivity contribution >= 4 is 5.97 Å². The summed E-state index contributed by atoms with van der Waals surface area (Å²) in [6.07, 6.45) is 0.0627. The van der Waals surface area contributed by atoms with Gasteiger partial charge in [-0.05, 0) is 31.0 Å². The van der Waals surface area contributed by atoms with Crippen LogP contribution in [-0.4, -0.2) is 17.7 Å². The Kier molecular flexibility index (Phi) is 3.51. The standard InChI is InChI=1S/C11H14O3/c1-3-14-10-5-4-9(6-8(10)2)7-11(12)13/h4-6H,3,7H2,1-2H3,(H,12,13). The molecule has 1 aromatic carbocycles. The first kappa shape index (κ1) is 10.6. The van der Waals surface area contributed by atoms with Crippen LogP contribution in [0.2, 0.25) is 0 Å². The van der Waals surface area contributed by atoms with E-state index >= 15 is 0 Å². The van der Waals surface area contributed by atoms with Crippen LogP contribution in [0.1, 0.15) is 18.1 Å². The summed E-state index contributed by atoms with van der Waals surface area (Å²) in [7, 11) is 0. The van der Waals surface area contributed by atoms with Crippen molar-refractivity contribution in [2.75, 3.05) is 6.61 Å². The quantitative estimate of drug-likeness (QED) is 0.797. The van der Waals surface area contributed by atoms with Crippen LogP contribution >= 0.6 is 0 Å². The topological polar surface area (TPSA) is 46.5 Å². The van der Waals surface area contributed by atoms with Gasteiger partial charge in [0.15, 0.2) is 0 Å². The number of aliphatic carboxylic acids is 1. The van der Waals surface area contributed by atoms with Crippen molar-refractivity contribution in [2.45, 2.75) is 20.3 Å². The molecule has 0 saturated carbocycles. The number of carboxylic acids is 1. The number of hydrogen-bond acceptors (Lipinski definition) is 2. The fourth-order valence-corrected chi connectivity index (χ4v) is 1.31. The molecule has 0 unspecified atom stereocenters. The number of carbonyl (C=O) groups is 1. The van der Waals surface area contributed by atoms with Gasteiger partial charge in [0, 0.05) is 0 Å². The van der Waals surface area contributed by atoms with Gasteiger partial charge in [-0.2, -0.15) is 0 Å². The summed E-state index contributed by atoms with van der Waals surface area (Å²) in [5, 5.41) is 8.60. The molecular formula is C11H14O3. The first-order valence-corrected chi connectivity index (χ1v) is 4.57. The van der Waals surface area contributed by atoms with Crippen molar-refractivity contribution < 1.29 is 14.6 Å². The van der Waals surface area contributed by atoms with Crippen LogP contribution in [-0.2, 0) is 11.2 Å². The Hall–Kier alpha value is -1.51. The summed E-state index contributed by atoms with van der Waals surface area (Å²) in [4.78, 5) is 10.5. The Balaban J connectivity index is 2.83. The average Bonchev–Trinajstić information content (AvgIpc) is 2.09. The van der Waals surface area contributed by atoms with Crippen LogP contribution in [0.25, 0.3) is 0 Å². The SMILES string of the molecule is CCOc1ccc(CC(=O)O)cc1C. The molecule has 0 fully saturated rings. The smallest absolute Gasteiger partial charge is 0.307 e. The lowest BCUT2D eigenvalue weighted by Gasteiger charge is -2.07. The van der Waals surface area contributed by atoms with Gasteiger partial charge in [0.25, 0.3) is 0 Å². The Bertz CT molecular complexity index is 331. The first-order valence-electron chi connectivity index (χ1n) is 4.57. The molecule has 3 nitrogen and oxygen atoms in total. The maximum absolute atomic E-state index is 10.5. The zero-order chi connectivity index (χ0) is 10.6. The second kappa shape index (κ2) is 4.65. The lowest BCUT2D eigenvalue weighted by Crippen LogP contribution is -2.01. The summed E-state index contributed by atoms with van der Waals surface area (Å²) in [6.45, 7) is 4.46.